The van der Waals surface area contributed by atoms with Gasteiger partial charge in [-0.15, -0.1) is 0 Å². The Hall–Kier alpha value is -2.70. The minimum atomic E-state index is -4.38. The van der Waals surface area contributed by atoms with Gasteiger partial charge >= 0.3 is 12.2 Å². The number of halogens is 3. The van der Waals surface area contributed by atoms with Crippen molar-refractivity contribution in [1.82, 2.24) is 4.90 Å². The third-order valence-electron chi connectivity index (χ3n) is 4.96. The molecule has 0 radical (unpaired) electrons. The third-order valence-corrected chi connectivity index (χ3v) is 4.96. The van der Waals surface area contributed by atoms with Crippen LogP contribution in [0.1, 0.15) is 30.9 Å². The van der Waals surface area contributed by atoms with Crippen molar-refractivity contribution < 1.29 is 18.0 Å². The van der Waals surface area contributed by atoms with E-state index in [1.165, 1.54) is 17.7 Å². The van der Waals surface area contributed by atoms with E-state index in [9.17, 15) is 18.0 Å². The number of hydrogen-bond donors (Lipinski definition) is 1. The highest BCUT2D eigenvalue weighted by molar-refractivity contribution is 5.89. The first-order chi connectivity index (χ1) is 13.2. The van der Waals surface area contributed by atoms with Gasteiger partial charge in [-0.05, 0) is 47.9 Å². The van der Waals surface area contributed by atoms with E-state index < -0.39 is 11.7 Å². The summed E-state index contributed by atoms with van der Waals surface area (Å²) in [5, 5.41) is 2.67. The van der Waals surface area contributed by atoms with Gasteiger partial charge in [0.1, 0.15) is 0 Å². The van der Waals surface area contributed by atoms with Crippen LogP contribution < -0.4 is 10.2 Å². The molecule has 1 N–H and O–H groups in total. The molecule has 1 saturated heterocycles. The van der Waals surface area contributed by atoms with Crippen molar-refractivity contribution in [2.75, 3.05) is 36.4 Å². The molecule has 2 aromatic rings. The lowest BCUT2D eigenvalue weighted by molar-refractivity contribution is -0.137. The molecule has 0 bridgehead atoms. The summed E-state index contributed by atoms with van der Waals surface area (Å²) in [5.41, 5.74) is 2.04. The number of hydrogen-bond acceptors (Lipinski definition) is 2. The summed E-state index contributed by atoms with van der Waals surface area (Å²) in [6.07, 6.45) is -4.38. The van der Waals surface area contributed by atoms with Crippen molar-refractivity contribution in [1.29, 1.82) is 0 Å². The van der Waals surface area contributed by atoms with Gasteiger partial charge in [0.05, 0.1) is 5.56 Å². The van der Waals surface area contributed by atoms with E-state index in [1.807, 2.05) is 0 Å². The number of carbonyl (C=O) groups excluding carboxylic acids is 1. The summed E-state index contributed by atoms with van der Waals surface area (Å²) in [7, 11) is 0. The van der Waals surface area contributed by atoms with Gasteiger partial charge in [-0.2, -0.15) is 13.2 Å². The normalized spacial score (nSPS) is 15.1. The van der Waals surface area contributed by atoms with Crippen LogP contribution in [-0.2, 0) is 6.18 Å². The minimum Gasteiger partial charge on any atom is -0.368 e. The van der Waals surface area contributed by atoms with Crippen molar-refractivity contribution in [3.63, 3.8) is 0 Å². The zero-order valence-corrected chi connectivity index (χ0v) is 16.0. The van der Waals surface area contributed by atoms with E-state index in [2.05, 4.69) is 48.3 Å². The first-order valence-corrected chi connectivity index (χ1v) is 9.32. The predicted molar refractivity (Wildman–Crippen MR) is 105 cm³/mol. The Morgan fingerprint density at radius 2 is 1.50 bits per heavy atom. The number of alkyl halides is 3. The minimum absolute atomic E-state index is 0.297. The fourth-order valence-corrected chi connectivity index (χ4v) is 3.18. The number of carbonyl (C=O) groups is 1. The summed E-state index contributed by atoms with van der Waals surface area (Å²) in [6.45, 7) is 6.84. The Morgan fingerprint density at radius 1 is 0.929 bits per heavy atom. The average Bonchev–Trinajstić information content (AvgIpc) is 2.68. The fourth-order valence-electron chi connectivity index (χ4n) is 3.18. The number of anilines is 2. The van der Waals surface area contributed by atoms with E-state index in [1.54, 1.807) is 4.90 Å². The van der Waals surface area contributed by atoms with Crippen LogP contribution in [-0.4, -0.2) is 37.1 Å². The molecule has 0 unspecified atom stereocenters. The van der Waals surface area contributed by atoms with E-state index in [0.29, 0.717) is 37.8 Å². The summed E-state index contributed by atoms with van der Waals surface area (Å²) in [6, 6.07) is 12.6. The molecule has 150 valence electrons. The second kappa shape index (κ2) is 8.12. The lowest BCUT2D eigenvalue weighted by Crippen LogP contribution is -2.50. The first-order valence-electron chi connectivity index (χ1n) is 9.32. The largest absolute Gasteiger partial charge is 0.416 e. The van der Waals surface area contributed by atoms with Crippen LogP contribution in [0.15, 0.2) is 48.5 Å². The number of urea groups is 1. The van der Waals surface area contributed by atoms with Gasteiger partial charge in [0.2, 0.25) is 0 Å². The Kier molecular flexibility index (Phi) is 5.82. The smallest absolute Gasteiger partial charge is 0.368 e. The van der Waals surface area contributed by atoms with E-state index in [0.717, 1.165) is 17.8 Å². The Labute approximate surface area is 162 Å². The molecule has 0 spiro atoms. The number of benzene rings is 2. The molecule has 1 aliphatic heterocycles. The highest BCUT2D eigenvalue weighted by atomic mass is 19.4. The van der Waals surface area contributed by atoms with Gasteiger partial charge in [-0.1, -0.05) is 26.0 Å². The predicted octanol–water partition coefficient (Wildman–Crippen LogP) is 5.18. The van der Waals surface area contributed by atoms with E-state index in [4.69, 9.17) is 0 Å². The summed E-state index contributed by atoms with van der Waals surface area (Å²) in [5.74, 6) is 0.486. The molecule has 1 heterocycles. The maximum Gasteiger partial charge on any atom is 0.416 e. The summed E-state index contributed by atoms with van der Waals surface area (Å²) in [4.78, 5) is 16.3. The van der Waals surface area contributed by atoms with Crippen molar-refractivity contribution in [2.45, 2.75) is 25.9 Å². The number of rotatable bonds is 3. The van der Waals surface area contributed by atoms with Crippen molar-refractivity contribution in [3.8, 4) is 0 Å². The highest BCUT2D eigenvalue weighted by Crippen LogP contribution is 2.30. The van der Waals surface area contributed by atoms with E-state index in [-0.39, 0.29) is 6.03 Å². The molecule has 2 aromatic carbocycles. The van der Waals surface area contributed by atoms with Crippen LogP contribution in [0.5, 0.6) is 0 Å². The Morgan fingerprint density at radius 3 is 2.00 bits per heavy atom. The molecule has 7 heteroatoms. The van der Waals surface area contributed by atoms with Gasteiger partial charge in [0, 0.05) is 37.6 Å². The molecule has 0 atom stereocenters. The maximum absolute atomic E-state index is 12.6. The monoisotopic (exact) mass is 391 g/mol. The molecular weight excluding hydrogens is 367 g/mol. The van der Waals surface area contributed by atoms with Crippen LogP contribution in [0.2, 0.25) is 0 Å². The lowest BCUT2D eigenvalue weighted by atomic mass is 10.0. The van der Waals surface area contributed by atoms with E-state index >= 15 is 0 Å². The molecule has 0 saturated carbocycles. The lowest BCUT2D eigenvalue weighted by Gasteiger charge is -2.36. The van der Waals surface area contributed by atoms with Crippen molar-refractivity contribution in [2.24, 2.45) is 0 Å². The van der Waals surface area contributed by atoms with Crippen LogP contribution in [0.4, 0.5) is 29.3 Å². The van der Waals surface area contributed by atoms with Crippen LogP contribution >= 0.6 is 0 Å². The first kappa shape index (κ1) is 20.0. The van der Waals surface area contributed by atoms with Crippen molar-refractivity contribution in [3.05, 3.63) is 59.7 Å². The molecule has 4 nitrogen and oxygen atoms in total. The number of nitrogens with zero attached hydrogens (tertiary/aromatic N) is 2. The van der Waals surface area contributed by atoms with Crippen molar-refractivity contribution >= 4 is 17.4 Å². The van der Waals surface area contributed by atoms with Gasteiger partial charge in [-0.3, -0.25) is 0 Å². The highest BCUT2D eigenvalue weighted by Gasteiger charge is 2.30. The maximum atomic E-state index is 12.6. The summed E-state index contributed by atoms with van der Waals surface area (Å²) < 4.78 is 37.8. The van der Waals surface area contributed by atoms with Gasteiger partial charge in [0.15, 0.2) is 0 Å². The second-order valence-corrected chi connectivity index (χ2v) is 7.23. The number of nitrogens with one attached hydrogen (secondary N) is 1. The Bertz CT molecular complexity index is 793. The third kappa shape index (κ3) is 4.77. The van der Waals surface area contributed by atoms with Gasteiger partial charge in [-0.25, -0.2) is 4.79 Å². The molecule has 3 rings (SSSR count). The zero-order valence-electron chi connectivity index (χ0n) is 16.0. The number of piperazine rings is 1. The topological polar surface area (TPSA) is 35.6 Å². The van der Waals surface area contributed by atoms with Crippen LogP contribution in [0.25, 0.3) is 0 Å². The Balaban J connectivity index is 1.53. The molecule has 1 aliphatic rings. The summed E-state index contributed by atoms with van der Waals surface area (Å²) >= 11 is 0. The van der Waals surface area contributed by atoms with Crippen LogP contribution in [0, 0.1) is 0 Å². The molecule has 0 aliphatic carbocycles. The average molecular weight is 391 g/mol. The SMILES string of the molecule is CC(C)c1ccc(N2CCN(C(=O)Nc3ccc(C(F)(F)F)cc3)CC2)cc1. The molecular formula is C21H24F3N3O. The zero-order chi connectivity index (χ0) is 20.3. The molecule has 0 aromatic heterocycles. The van der Waals surface area contributed by atoms with Crippen LogP contribution in [0.3, 0.4) is 0 Å². The molecule has 2 amide bonds. The second-order valence-electron chi connectivity index (χ2n) is 7.23. The van der Waals surface area contributed by atoms with Gasteiger partial charge in [0.25, 0.3) is 0 Å². The molecule has 28 heavy (non-hydrogen) atoms. The number of amides is 2. The quantitative estimate of drug-likeness (QED) is 0.782. The van der Waals surface area contributed by atoms with Gasteiger partial charge < -0.3 is 15.1 Å². The standard InChI is InChI=1S/C21H24F3N3O/c1-15(2)16-3-9-19(10-4-16)26-11-13-27(14-12-26)20(28)25-18-7-5-17(6-8-18)21(22,23)24/h3-10,15H,11-14H2,1-2H3,(H,25,28). The molecule has 1 fully saturated rings. The fraction of sp³-hybridized carbons (Fsp3) is 0.381.